The summed E-state index contributed by atoms with van der Waals surface area (Å²) >= 11 is 4.18. The monoisotopic (exact) mass is 192 g/mol. The molecular weight excluding hydrogens is 180 g/mol. The molecule has 2 aromatic heterocycles. The summed E-state index contributed by atoms with van der Waals surface area (Å²) in [6, 6.07) is 6.03. The van der Waals surface area contributed by atoms with Crippen molar-refractivity contribution < 1.29 is 0 Å². The Hall–Kier alpha value is -0.960. The van der Waals surface area contributed by atoms with Gasteiger partial charge in [0.1, 0.15) is 5.65 Å². The van der Waals surface area contributed by atoms with Gasteiger partial charge in [-0.1, -0.05) is 6.07 Å². The van der Waals surface area contributed by atoms with Crippen molar-refractivity contribution >= 4 is 18.3 Å². The molecular formula is C10H12N2S. The third kappa shape index (κ3) is 1.86. The van der Waals surface area contributed by atoms with Crippen LogP contribution in [-0.4, -0.2) is 15.1 Å². The van der Waals surface area contributed by atoms with Crippen molar-refractivity contribution in [3.63, 3.8) is 0 Å². The van der Waals surface area contributed by atoms with Crippen LogP contribution in [0, 0.1) is 0 Å². The summed E-state index contributed by atoms with van der Waals surface area (Å²) in [5, 5.41) is 0. The van der Waals surface area contributed by atoms with Gasteiger partial charge in [-0.2, -0.15) is 12.6 Å². The van der Waals surface area contributed by atoms with Crippen LogP contribution in [0.4, 0.5) is 0 Å². The van der Waals surface area contributed by atoms with E-state index in [2.05, 4.69) is 23.8 Å². The maximum absolute atomic E-state index is 4.48. The lowest BCUT2D eigenvalue weighted by Gasteiger charge is -1.89. The largest absolute Gasteiger partial charge is 0.307 e. The van der Waals surface area contributed by atoms with Crippen LogP contribution in [0.5, 0.6) is 0 Å². The molecule has 0 amide bonds. The van der Waals surface area contributed by atoms with Gasteiger partial charge >= 0.3 is 0 Å². The summed E-state index contributed by atoms with van der Waals surface area (Å²) in [5.41, 5.74) is 2.18. The molecule has 68 valence electrons. The fraction of sp³-hybridized carbons (Fsp3) is 0.300. The fourth-order valence-electron chi connectivity index (χ4n) is 1.37. The van der Waals surface area contributed by atoms with Gasteiger partial charge in [0.15, 0.2) is 0 Å². The smallest absolute Gasteiger partial charge is 0.136 e. The molecule has 2 rings (SSSR count). The topological polar surface area (TPSA) is 17.3 Å². The van der Waals surface area contributed by atoms with Crippen LogP contribution in [0.2, 0.25) is 0 Å². The number of thiol groups is 1. The van der Waals surface area contributed by atoms with E-state index in [0.717, 1.165) is 29.9 Å². The molecule has 0 spiro atoms. The maximum atomic E-state index is 4.48. The molecule has 0 unspecified atom stereocenters. The Kier molecular flexibility index (Phi) is 2.54. The Labute approximate surface area is 83.0 Å². The van der Waals surface area contributed by atoms with Gasteiger partial charge in [-0.25, -0.2) is 4.98 Å². The molecule has 0 fully saturated rings. The zero-order chi connectivity index (χ0) is 9.10. The number of hydrogen-bond donors (Lipinski definition) is 1. The van der Waals surface area contributed by atoms with Gasteiger partial charge in [0.25, 0.3) is 0 Å². The molecule has 13 heavy (non-hydrogen) atoms. The quantitative estimate of drug-likeness (QED) is 0.738. The molecule has 2 aromatic rings. The molecule has 0 aliphatic heterocycles. The van der Waals surface area contributed by atoms with Gasteiger partial charge in [-0.15, -0.1) is 0 Å². The molecule has 0 radical (unpaired) electrons. The van der Waals surface area contributed by atoms with E-state index in [-0.39, 0.29) is 0 Å². The number of hydrogen-bond acceptors (Lipinski definition) is 2. The molecule has 0 atom stereocenters. The van der Waals surface area contributed by atoms with Crippen molar-refractivity contribution in [2.24, 2.45) is 0 Å². The second-order valence-corrected chi connectivity index (χ2v) is 3.47. The van der Waals surface area contributed by atoms with Crippen molar-refractivity contribution in [2.45, 2.75) is 12.8 Å². The number of rotatable bonds is 3. The van der Waals surface area contributed by atoms with Crippen LogP contribution in [0.25, 0.3) is 5.65 Å². The molecule has 0 saturated carbocycles. The standard InChI is InChI=1S/C10H12N2S/c13-7-3-4-9-8-12-6-2-1-5-10(12)11-9/h1-2,5-6,8,13H,3-4,7H2. The molecule has 0 aliphatic rings. The number of aryl methyl sites for hydroxylation is 1. The van der Waals surface area contributed by atoms with Crippen LogP contribution in [0.1, 0.15) is 12.1 Å². The molecule has 0 saturated heterocycles. The lowest BCUT2D eigenvalue weighted by atomic mass is 10.3. The average Bonchev–Trinajstić information content (AvgIpc) is 2.57. The van der Waals surface area contributed by atoms with Gasteiger partial charge < -0.3 is 4.40 Å². The summed E-state index contributed by atoms with van der Waals surface area (Å²) in [4.78, 5) is 4.48. The summed E-state index contributed by atoms with van der Waals surface area (Å²) in [6.07, 6.45) is 6.21. The lowest BCUT2D eigenvalue weighted by molar-refractivity contribution is 0.906. The highest BCUT2D eigenvalue weighted by atomic mass is 32.1. The lowest BCUT2D eigenvalue weighted by Crippen LogP contribution is -1.84. The van der Waals surface area contributed by atoms with Crippen LogP contribution < -0.4 is 0 Å². The number of nitrogens with zero attached hydrogens (tertiary/aromatic N) is 2. The Morgan fingerprint density at radius 2 is 2.31 bits per heavy atom. The van der Waals surface area contributed by atoms with E-state index in [1.807, 2.05) is 28.8 Å². The highest BCUT2D eigenvalue weighted by Gasteiger charge is 1.98. The van der Waals surface area contributed by atoms with Crippen molar-refractivity contribution in [3.05, 3.63) is 36.3 Å². The van der Waals surface area contributed by atoms with Gasteiger partial charge in [-0.3, -0.25) is 0 Å². The third-order valence-electron chi connectivity index (χ3n) is 2.00. The van der Waals surface area contributed by atoms with Gasteiger partial charge in [0.05, 0.1) is 5.69 Å². The first-order valence-corrected chi connectivity index (χ1v) is 5.07. The minimum absolute atomic E-state index is 0.924. The molecule has 0 aliphatic carbocycles. The second kappa shape index (κ2) is 3.83. The van der Waals surface area contributed by atoms with Crippen molar-refractivity contribution in [3.8, 4) is 0 Å². The van der Waals surface area contributed by atoms with Crippen molar-refractivity contribution in [2.75, 3.05) is 5.75 Å². The maximum Gasteiger partial charge on any atom is 0.136 e. The Bertz CT molecular complexity index is 361. The average molecular weight is 192 g/mol. The van der Waals surface area contributed by atoms with Crippen molar-refractivity contribution in [1.29, 1.82) is 0 Å². The predicted molar refractivity (Wildman–Crippen MR) is 57.4 cm³/mol. The van der Waals surface area contributed by atoms with Crippen LogP contribution in [0.3, 0.4) is 0 Å². The van der Waals surface area contributed by atoms with Gasteiger partial charge in [-0.05, 0) is 30.7 Å². The van der Waals surface area contributed by atoms with Gasteiger partial charge in [0.2, 0.25) is 0 Å². The van der Waals surface area contributed by atoms with Crippen LogP contribution in [0.15, 0.2) is 30.6 Å². The fourth-order valence-corrected chi connectivity index (χ4v) is 1.53. The SMILES string of the molecule is SCCCc1cn2ccccc2n1. The summed E-state index contributed by atoms with van der Waals surface area (Å²) < 4.78 is 2.05. The molecule has 2 nitrogen and oxygen atoms in total. The molecule has 0 N–H and O–H groups in total. The summed E-state index contributed by atoms with van der Waals surface area (Å²) in [6.45, 7) is 0. The number of pyridine rings is 1. The predicted octanol–water partition coefficient (Wildman–Crippen LogP) is 2.20. The molecule has 3 heteroatoms. The highest BCUT2D eigenvalue weighted by Crippen LogP contribution is 2.06. The Morgan fingerprint density at radius 1 is 1.38 bits per heavy atom. The normalized spacial score (nSPS) is 10.8. The van der Waals surface area contributed by atoms with Gasteiger partial charge in [0, 0.05) is 12.4 Å². The Morgan fingerprint density at radius 3 is 3.08 bits per heavy atom. The highest BCUT2D eigenvalue weighted by molar-refractivity contribution is 7.80. The first kappa shape index (κ1) is 8.63. The number of fused-ring (bicyclic) bond motifs is 1. The van der Waals surface area contributed by atoms with E-state index >= 15 is 0 Å². The van der Waals surface area contributed by atoms with Crippen LogP contribution in [-0.2, 0) is 6.42 Å². The molecule has 2 heterocycles. The summed E-state index contributed by atoms with van der Waals surface area (Å²) in [7, 11) is 0. The second-order valence-electron chi connectivity index (χ2n) is 3.03. The third-order valence-corrected chi connectivity index (χ3v) is 2.32. The number of aromatic nitrogens is 2. The summed E-state index contributed by atoms with van der Waals surface area (Å²) in [5.74, 6) is 0.924. The van der Waals surface area contributed by atoms with E-state index in [1.54, 1.807) is 0 Å². The van der Waals surface area contributed by atoms with Crippen LogP contribution >= 0.6 is 12.6 Å². The number of imidazole rings is 1. The minimum atomic E-state index is 0.924. The van der Waals surface area contributed by atoms with Crippen molar-refractivity contribution in [1.82, 2.24) is 9.38 Å². The van der Waals surface area contributed by atoms with E-state index in [4.69, 9.17) is 0 Å². The van der Waals surface area contributed by atoms with E-state index in [9.17, 15) is 0 Å². The van der Waals surface area contributed by atoms with E-state index in [1.165, 1.54) is 0 Å². The Balaban J connectivity index is 2.28. The first-order chi connectivity index (χ1) is 6.40. The zero-order valence-corrected chi connectivity index (χ0v) is 8.24. The molecule has 0 aromatic carbocycles. The van der Waals surface area contributed by atoms with E-state index < -0.39 is 0 Å². The molecule has 0 bridgehead atoms. The minimum Gasteiger partial charge on any atom is -0.307 e. The van der Waals surface area contributed by atoms with E-state index in [0.29, 0.717) is 0 Å². The first-order valence-electron chi connectivity index (χ1n) is 4.43. The zero-order valence-electron chi connectivity index (χ0n) is 7.35.